The number of rotatable bonds is 12. The molecule has 6 aromatic rings. The monoisotopic (exact) mass is 1040 g/mol. The topological polar surface area (TPSA) is 198 Å². The smallest absolute Gasteiger partial charge is 0.407 e. The first kappa shape index (κ1) is 50.8. The summed E-state index contributed by atoms with van der Waals surface area (Å²) in [7, 11) is 4.21. The van der Waals surface area contributed by atoms with Crippen LogP contribution in [0.4, 0.5) is 14.0 Å². The zero-order chi connectivity index (χ0) is 53.1. The van der Waals surface area contributed by atoms with Crippen LogP contribution in [0.15, 0.2) is 73.1 Å². The minimum absolute atomic E-state index is 0.00909. The maximum absolute atomic E-state index is 17.2. The van der Waals surface area contributed by atoms with Crippen molar-refractivity contribution < 1.29 is 42.5 Å². The van der Waals surface area contributed by atoms with Crippen molar-refractivity contribution in [3.05, 3.63) is 96.1 Å². The zero-order valence-electron chi connectivity index (χ0n) is 44.2. The number of ether oxygens (including phenoxy) is 4. The van der Waals surface area contributed by atoms with Crippen LogP contribution in [-0.4, -0.2) is 104 Å². The molecule has 4 fully saturated rings. The predicted octanol–water partition coefficient (Wildman–Crippen LogP) is 10.6. The van der Waals surface area contributed by atoms with Crippen molar-refractivity contribution in [1.29, 1.82) is 0 Å². The van der Waals surface area contributed by atoms with Crippen LogP contribution >= 0.6 is 0 Å². The van der Waals surface area contributed by atoms with Gasteiger partial charge < -0.3 is 53.9 Å². The fourth-order valence-electron chi connectivity index (χ4n) is 13.2. The third kappa shape index (κ3) is 9.10. The first-order chi connectivity index (χ1) is 36.7. The third-order valence-electron chi connectivity index (χ3n) is 16.9. The van der Waals surface area contributed by atoms with Gasteiger partial charge in [-0.3, -0.25) is 9.59 Å². The average molecular weight is 1040 g/mol. The van der Waals surface area contributed by atoms with E-state index in [9.17, 15) is 19.2 Å². The number of methoxy groups -OCH3 is 3. The molecule has 11 rings (SSSR count). The third-order valence-corrected chi connectivity index (χ3v) is 16.9. The first-order valence-electron chi connectivity index (χ1n) is 27.0. The standard InChI is InChI=1S/C58H68FN9O8/c1-30(2)50(64-57(71)74-6)54(69)66-42-17-10-8-13-33(42)24-46(66)52-60-28-40(62-52)32-19-20-44-37(21-32)26-45-49-39(59)23-36(27-48(49)76-56(68(44)45)35-15-12-16-38(22-35)73-5)41-29-61-53(63-41)47-25-34-14-9-11-18-43(34)67(47)55(70)51(31(3)4)65-58(72)75-7/h12,15-16,19-23,26-31,33-34,42-43,46-47,50-51,56H,8-11,13-14,17-18,24-25H2,1-7H3,(H,60,62)(H,61,63)(H,64,71)(H,65,72)/t33-,34-,42-,43-,46+,47+,50+,51+,56?/m1/s1. The van der Waals surface area contributed by atoms with Crippen LogP contribution in [0.2, 0.25) is 0 Å². The molecule has 18 heteroatoms. The first-order valence-corrected chi connectivity index (χ1v) is 27.0. The quantitative estimate of drug-likeness (QED) is 0.0915. The highest BCUT2D eigenvalue weighted by Gasteiger charge is 2.50. The number of halogens is 1. The molecule has 2 saturated heterocycles. The highest BCUT2D eigenvalue weighted by molar-refractivity contribution is 5.93. The minimum Gasteiger partial charge on any atom is -0.497 e. The van der Waals surface area contributed by atoms with E-state index in [1.165, 1.54) is 20.3 Å². The summed E-state index contributed by atoms with van der Waals surface area (Å²) in [6.45, 7) is 7.66. The summed E-state index contributed by atoms with van der Waals surface area (Å²) >= 11 is 0. The Morgan fingerprint density at radius 1 is 0.697 bits per heavy atom. The van der Waals surface area contributed by atoms with E-state index in [0.717, 1.165) is 91.9 Å². The number of imidazole rings is 2. The van der Waals surface area contributed by atoms with Crippen molar-refractivity contribution in [1.82, 2.24) is 44.9 Å². The summed E-state index contributed by atoms with van der Waals surface area (Å²) in [6.07, 6.45) is 11.0. The molecule has 3 aliphatic heterocycles. The SMILES string of the molecule is COC(=O)N[C@H](C(=O)N1[C@@H]2CCCC[C@@H]2C[C@H]1c1ncc(-c2cc(F)c3c(c2)OC(c2cccc(OC)c2)n2c-3cc3cc(-c4cnc([C@@H]5C[C@H]6CCCC[C@H]6N5C(=O)[C@@H](NC(=O)OC)C(C)C)[nH]4)ccc32)[nH]1)C(C)C. The number of fused-ring (bicyclic) bond motifs is 7. The van der Waals surface area contributed by atoms with Gasteiger partial charge in [-0.25, -0.2) is 23.9 Å². The van der Waals surface area contributed by atoms with E-state index >= 15 is 4.39 Å². The van der Waals surface area contributed by atoms with Gasteiger partial charge in [0, 0.05) is 34.2 Å². The van der Waals surface area contributed by atoms with E-state index in [-0.39, 0.29) is 53.7 Å². The lowest BCUT2D eigenvalue weighted by molar-refractivity contribution is -0.139. The van der Waals surface area contributed by atoms with Gasteiger partial charge in [0.15, 0.2) is 0 Å². The second-order valence-electron chi connectivity index (χ2n) is 22.0. The van der Waals surface area contributed by atoms with Gasteiger partial charge in [0.05, 0.1) is 74.0 Å². The van der Waals surface area contributed by atoms with Gasteiger partial charge in [0.1, 0.15) is 41.0 Å². The molecule has 17 nitrogen and oxygen atoms in total. The molecule has 3 aromatic heterocycles. The summed E-state index contributed by atoms with van der Waals surface area (Å²) < 4.78 is 41.6. The summed E-state index contributed by atoms with van der Waals surface area (Å²) in [5, 5.41) is 6.43. The number of hydrogen-bond donors (Lipinski definition) is 4. The molecular weight excluding hydrogens is 970 g/mol. The zero-order valence-corrected chi connectivity index (χ0v) is 44.2. The molecule has 2 aliphatic carbocycles. The van der Waals surface area contributed by atoms with Crippen molar-refractivity contribution in [2.45, 2.75) is 134 Å². The number of aromatic amines is 2. The van der Waals surface area contributed by atoms with Gasteiger partial charge in [-0.05, 0) is 105 Å². The molecule has 0 spiro atoms. The van der Waals surface area contributed by atoms with Crippen molar-refractivity contribution in [3.63, 3.8) is 0 Å². The predicted molar refractivity (Wildman–Crippen MR) is 282 cm³/mol. The number of H-pyrrole nitrogens is 2. The molecule has 9 atom stereocenters. The van der Waals surface area contributed by atoms with Gasteiger partial charge in [-0.1, -0.05) is 71.6 Å². The lowest BCUT2D eigenvalue weighted by Gasteiger charge is -2.36. The molecule has 1 unspecified atom stereocenters. The molecule has 4 amide bonds. The van der Waals surface area contributed by atoms with Crippen LogP contribution < -0.4 is 20.1 Å². The molecular formula is C58H68FN9O8. The summed E-state index contributed by atoms with van der Waals surface area (Å²) in [4.78, 5) is 74.6. The minimum atomic E-state index is -0.783. The number of hydrogen-bond acceptors (Lipinski definition) is 10. The lowest BCUT2D eigenvalue weighted by atomic mass is 9.84. The Morgan fingerprint density at radius 3 is 1.82 bits per heavy atom. The Balaban J connectivity index is 0.932. The Kier molecular flexibility index (Phi) is 13.8. The van der Waals surface area contributed by atoms with Crippen molar-refractivity contribution in [2.75, 3.05) is 21.3 Å². The molecule has 6 heterocycles. The number of benzene rings is 3. The van der Waals surface area contributed by atoms with Crippen molar-refractivity contribution in [2.24, 2.45) is 23.7 Å². The van der Waals surface area contributed by atoms with E-state index in [1.54, 1.807) is 13.3 Å². The molecule has 3 aromatic carbocycles. The van der Waals surface area contributed by atoms with Gasteiger partial charge >= 0.3 is 12.2 Å². The molecule has 2 saturated carbocycles. The van der Waals surface area contributed by atoms with E-state index in [4.69, 9.17) is 28.9 Å². The van der Waals surface area contributed by atoms with Crippen LogP contribution in [-0.2, 0) is 19.1 Å². The summed E-state index contributed by atoms with van der Waals surface area (Å²) in [5.74, 6) is 1.78. The second-order valence-corrected chi connectivity index (χ2v) is 22.0. The fraction of sp³-hybridized carbons (Fsp3) is 0.483. The fourth-order valence-corrected chi connectivity index (χ4v) is 13.2. The number of nitrogens with one attached hydrogen (secondary N) is 4. The number of alkyl carbamates (subject to hydrolysis) is 2. The lowest BCUT2D eigenvalue weighted by Crippen LogP contribution is -2.53. The van der Waals surface area contributed by atoms with E-state index in [0.29, 0.717) is 51.6 Å². The second kappa shape index (κ2) is 20.6. The number of amides is 4. The Bertz CT molecular complexity index is 3180. The molecule has 76 heavy (non-hydrogen) atoms. The van der Waals surface area contributed by atoms with Crippen LogP contribution in [0.3, 0.4) is 0 Å². The number of aromatic nitrogens is 5. The average Bonchev–Trinajstić information content (AvgIpc) is 4.30. The van der Waals surface area contributed by atoms with E-state index in [1.807, 2.05) is 96.8 Å². The normalized spacial score (nSPS) is 23.5. The molecule has 5 aliphatic rings. The van der Waals surface area contributed by atoms with Crippen LogP contribution in [0.5, 0.6) is 11.5 Å². The highest BCUT2D eigenvalue weighted by atomic mass is 19.1. The number of nitrogens with zero attached hydrogens (tertiary/aromatic N) is 5. The van der Waals surface area contributed by atoms with Crippen LogP contribution in [0.25, 0.3) is 44.7 Å². The molecule has 4 N–H and O–H groups in total. The largest absolute Gasteiger partial charge is 0.497 e. The summed E-state index contributed by atoms with van der Waals surface area (Å²) in [5.41, 5.74) is 5.31. The molecule has 0 bridgehead atoms. The molecule has 400 valence electrons. The number of likely N-dealkylation sites (tertiary alicyclic amines) is 2. The number of carbonyl (C=O) groups is 4. The Morgan fingerprint density at radius 2 is 1.26 bits per heavy atom. The van der Waals surface area contributed by atoms with Crippen molar-refractivity contribution in [3.8, 4) is 45.3 Å². The van der Waals surface area contributed by atoms with Gasteiger partial charge in [0.2, 0.25) is 18.0 Å². The van der Waals surface area contributed by atoms with Gasteiger partial charge in [0.25, 0.3) is 0 Å². The maximum Gasteiger partial charge on any atom is 0.407 e. The van der Waals surface area contributed by atoms with E-state index < -0.39 is 36.3 Å². The highest BCUT2D eigenvalue weighted by Crippen LogP contribution is 2.50. The molecule has 0 radical (unpaired) electrons. The van der Waals surface area contributed by atoms with E-state index in [2.05, 4.69) is 26.7 Å². The van der Waals surface area contributed by atoms with Gasteiger partial charge in [-0.2, -0.15) is 0 Å². The summed E-state index contributed by atoms with van der Waals surface area (Å²) in [6, 6.07) is 16.9. The van der Waals surface area contributed by atoms with Gasteiger partial charge in [-0.15, -0.1) is 0 Å². The van der Waals surface area contributed by atoms with Crippen LogP contribution in [0.1, 0.15) is 127 Å². The number of carbonyl (C=O) groups excluding carboxylic acids is 4. The Hall–Kier alpha value is -7.37. The maximum atomic E-state index is 17.2. The van der Waals surface area contributed by atoms with Crippen molar-refractivity contribution >= 4 is 34.9 Å². The Labute approximate surface area is 441 Å². The van der Waals surface area contributed by atoms with Crippen LogP contribution in [0, 0.1) is 29.5 Å².